The van der Waals surface area contributed by atoms with Gasteiger partial charge in [-0.2, -0.15) is 0 Å². The number of carbonyl (C=O) groups excluding carboxylic acids is 2. The topological polar surface area (TPSA) is 81.9 Å². The lowest BCUT2D eigenvalue weighted by atomic mass is 10.2. The molecular formula is C15H20N2O4. The fourth-order valence-corrected chi connectivity index (χ4v) is 2.18. The second-order valence-corrected chi connectivity index (χ2v) is 4.98. The number of nitrogens with two attached hydrogens (primary N) is 1. The Balaban J connectivity index is 1.95. The molecule has 0 atom stereocenters. The van der Waals surface area contributed by atoms with Crippen molar-refractivity contribution < 1.29 is 19.1 Å². The summed E-state index contributed by atoms with van der Waals surface area (Å²) in [5, 5.41) is 0. The maximum absolute atomic E-state index is 12.0. The molecule has 2 rings (SSSR count). The van der Waals surface area contributed by atoms with Gasteiger partial charge >= 0.3 is 5.97 Å². The van der Waals surface area contributed by atoms with Gasteiger partial charge in [0.2, 0.25) is 0 Å². The summed E-state index contributed by atoms with van der Waals surface area (Å²) < 4.78 is 10.1. The number of methoxy groups -OCH3 is 1. The van der Waals surface area contributed by atoms with E-state index in [1.165, 1.54) is 19.2 Å². The van der Waals surface area contributed by atoms with Gasteiger partial charge in [-0.1, -0.05) is 0 Å². The van der Waals surface area contributed by atoms with Crippen molar-refractivity contribution in [2.75, 3.05) is 26.0 Å². The van der Waals surface area contributed by atoms with E-state index in [1.54, 1.807) is 11.0 Å². The van der Waals surface area contributed by atoms with Gasteiger partial charge in [-0.3, -0.25) is 4.79 Å². The van der Waals surface area contributed by atoms with E-state index in [0.29, 0.717) is 24.0 Å². The first-order valence-corrected chi connectivity index (χ1v) is 6.96. The maximum atomic E-state index is 12.0. The molecule has 0 unspecified atom stereocenters. The van der Waals surface area contributed by atoms with Crippen LogP contribution in [0.3, 0.4) is 0 Å². The second kappa shape index (κ2) is 6.47. The molecule has 0 spiro atoms. The van der Waals surface area contributed by atoms with Crippen LogP contribution >= 0.6 is 0 Å². The highest BCUT2D eigenvalue weighted by Crippen LogP contribution is 2.26. The average molecular weight is 292 g/mol. The van der Waals surface area contributed by atoms with E-state index in [-0.39, 0.29) is 18.1 Å². The van der Waals surface area contributed by atoms with E-state index in [4.69, 9.17) is 15.2 Å². The number of benzene rings is 1. The molecule has 1 fully saturated rings. The summed E-state index contributed by atoms with van der Waals surface area (Å²) in [7, 11) is 1.49. The highest BCUT2D eigenvalue weighted by Gasteiger charge is 2.31. The van der Waals surface area contributed by atoms with E-state index in [1.807, 2.05) is 6.92 Å². The largest absolute Gasteiger partial charge is 0.497 e. The number of rotatable bonds is 6. The lowest BCUT2D eigenvalue weighted by Gasteiger charge is -2.20. The van der Waals surface area contributed by atoms with Gasteiger partial charge in [0.15, 0.2) is 6.61 Å². The Morgan fingerprint density at radius 2 is 2.05 bits per heavy atom. The third-order valence-corrected chi connectivity index (χ3v) is 3.38. The number of hydrogen-bond donors (Lipinski definition) is 1. The molecular weight excluding hydrogens is 272 g/mol. The van der Waals surface area contributed by atoms with Crippen molar-refractivity contribution in [3.63, 3.8) is 0 Å². The summed E-state index contributed by atoms with van der Waals surface area (Å²) in [6, 6.07) is 4.94. The quantitative estimate of drug-likeness (QED) is 0.634. The minimum Gasteiger partial charge on any atom is -0.497 e. The van der Waals surface area contributed by atoms with Gasteiger partial charge in [0.05, 0.1) is 12.7 Å². The highest BCUT2D eigenvalue weighted by atomic mass is 16.5. The lowest BCUT2D eigenvalue weighted by molar-refractivity contribution is -0.134. The van der Waals surface area contributed by atoms with Crippen LogP contribution in [0.15, 0.2) is 18.2 Å². The summed E-state index contributed by atoms with van der Waals surface area (Å²) >= 11 is 0. The van der Waals surface area contributed by atoms with Crippen LogP contribution in [0, 0.1) is 0 Å². The van der Waals surface area contributed by atoms with E-state index in [0.717, 1.165) is 12.8 Å². The molecule has 0 heterocycles. The van der Waals surface area contributed by atoms with Gasteiger partial charge in [-0.15, -0.1) is 0 Å². The van der Waals surface area contributed by atoms with Gasteiger partial charge in [-0.05, 0) is 31.9 Å². The molecule has 1 amide bonds. The third kappa shape index (κ3) is 3.87. The Labute approximate surface area is 123 Å². The molecule has 0 radical (unpaired) electrons. The molecule has 1 aromatic carbocycles. The van der Waals surface area contributed by atoms with Crippen LogP contribution in [0.1, 0.15) is 30.1 Å². The van der Waals surface area contributed by atoms with Crippen molar-refractivity contribution in [1.29, 1.82) is 0 Å². The maximum Gasteiger partial charge on any atom is 0.338 e. The van der Waals surface area contributed by atoms with Crippen molar-refractivity contribution in [2.45, 2.75) is 25.8 Å². The molecule has 2 N–H and O–H groups in total. The number of nitrogen functional groups attached to an aromatic ring is 1. The highest BCUT2D eigenvalue weighted by molar-refractivity contribution is 5.92. The fraction of sp³-hybridized carbons (Fsp3) is 0.467. The Morgan fingerprint density at radius 1 is 1.33 bits per heavy atom. The van der Waals surface area contributed by atoms with E-state index < -0.39 is 5.97 Å². The summed E-state index contributed by atoms with van der Waals surface area (Å²) in [4.78, 5) is 25.7. The number of carbonyl (C=O) groups is 2. The van der Waals surface area contributed by atoms with Crippen LogP contribution in [0.5, 0.6) is 5.75 Å². The van der Waals surface area contributed by atoms with Crippen LogP contribution in [0.4, 0.5) is 5.69 Å². The SMILES string of the molecule is CCN(C(=O)COC(=O)c1cc(N)cc(OC)c1)C1CC1. The number of amides is 1. The molecule has 6 nitrogen and oxygen atoms in total. The van der Waals surface area contributed by atoms with Crippen molar-refractivity contribution in [3.05, 3.63) is 23.8 Å². The molecule has 1 aliphatic carbocycles. The molecule has 1 aliphatic rings. The van der Waals surface area contributed by atoms with Gasteiger partial charge < -0.3 is 20.1 Å². The Kier molecular flexibility index (Phi) is 4.67. The number of esters is 1. The smallest absolute Gasteiger partial charge is 0.338 e. The van der Waals surface area contributed by atoms with Crippen molar-refractivity contribution in [3.8, 4) is 5.75 Å². The minimum atomic E-state index is -0.583. The number of likely N-dealkylation sites (N-methyl/N-ethyl adjacent to an activating group) is 1. The number of nitrogens with zero attached hydrogens (tertiary/aromatic N) is 1. The predicted molar refractivity (Wildman–Crippen MR) is 78.1 cm³/mol. The summed E-state index contributed by atoms with van der Waals surface area (Å²) in [5.74, 6) is -0.272. The summed E-state index contributed by atoms with van der Waals surface area (Å²) in [6.07, 6.45) is 2.06. The molecule has 0 bridgehead atoms. The number of anilines is 1. The van der Waals surface area contributed by atoms with Crippen LogP contribution in [0.25, 0.3) is 0 Å². The Morgan fingerprint density at radius 3 is 2.62 bits per heavy atom. The molecule has 6 heteroatoms. The Bertz CT molecular complexity index is 540. The van der Waals surface area contributed by atoms with Crippen LogP contribution < -0.4 is 10.5 Å². The van der Waals surface area contributed by atoms with Crippen molar-refractivity contribution in [2.24, 2.45) is 0 Å². The van der Waals surface area contributed by atoms with Gasteiger partial charge in [0, 0.05) is 24.3 Å². The zero-order valence-corrected chi connectivity index (χ0v) is 12.3. The van der Waals surface area contributed by atoms with Gasteiger partial charge in [0.25, 0.3) is 5.91 Å². The normalized spacial score (nSPS) is 13.6. The first-order valence-electron chi connectivity index (χ1n) is 6.96. The molecule has 21 heavy (non-hydrogen) atoms. The standard InChI is InChI=1S/C15H20N2O4/c1-3-17(12-4-5-12)14(18)9-21-15(19)10-6-11(16)8-13(7-10)20-2/h6-8,12H,3-5,9,16H2,1-2H3. The van der Waals surface area contributed by atoms with E-state index in [2.05, 4.69) is 0 Å². The second-order valence-electron chi connectivity index (χ2n) is 4.98. The van der Waals surface area contributed by atoms with Crippen molar-refractivity contribution in [1.82, 2.24) is 4.90 Å². The zero-order chi connectivity index (χ0) is 15.4. The lowest BCUT2D eigenvalue weighted by Crippen LogP contribution is -2.36. The minimum absolute atomic E-state index is 0.163. The summed E-state index contributed by atoms with van der Waals surface area (Å²) in [5.41, 5.74) is 6.36. The molecule has 114 valence electrons. The zero-order valence-electron chi connectivity index (χ0n) is 12.3. The fourth-order valence-electron chi connectivity index (χ4n) is 2.18. The van der Waals surface area contributed by atoms with E-state index >= 15 is 0 Å². The molecule has 0 saturated heterocycles. The molecule has 0 aromatic heterocycles. The first-order chi connectivity index (χ1) is 10.0. The third-order valence-electron chi connectivity index (χ3n) is 3.38. The number of hydrogen-bond acceptors (Lipinski definition) is 5. The van der Waals surface area contributed by atoms with E-state index in [9.17, 15) is 9.59 Å². The average Bonchev–Trinajstić information content (AvgIpc) is 3.29. The molecule has 1 aromatic rings. The Hall–Kier alpha value is -2.24. The molecule has 1 saturated carbocycles. The predicted octanol–water partition coefficient (Wildman–Crippen LogP) is 1.45. The monoisotopic (exact) mass is 292 g/mol. The van der Waals surface area contributed by atoms with Gasteiger partial charge in [-0.25, -0.2) is 4.79 Å². The van der Waals surface area contributed by atoms with Gasteiger partial charge in [0.1, 0.15) is 5.75 Å². The van der Waals surface area contributed by atoms with Crippen LogP contribution in [0.2, 0.25) is 0 Å². The van der Waals surface area contributed by atoms with Crippen molar-refractivity contribution >= 4 is 17.6 Å². The number of ether oxygens (including phenoxy) is 2. The van der Waals surface area contributed by atoms with Crippen LogP contribution in [-0.2, 0) is 9.53 Å². The molecule has 0 aliphatic heterocycles. The van der Waals surface area contributed by atoms with Crippen LogP contribution in [-0.4, -0.2) is 43.1 Å². The first kappa shape index (κ1) is 15.2. The summed E-state index contributed by atoms with van der Waals surface area (Å²) in [6.45, 7) is 2.30.